The summed E-state index contributed by atoms with van der Waals surface area (Å²) in [6.45, 7) is 2.24. The molecule has 1 aromatic rings. The first-order valence-electron chi connectivity index (χ1n) is 6.01. The van der Waals surface area contributed by atoms with E-state index in [0.29, 0.717) is 0 Å². The van der Waals surface area contributed by atoms with Gasteiger partial charge in [-0.3, -0.25) is 0 Å². The van der Waals surface area contributed by atoms with Crippen LogP contribution < -0.4 is 0 Å². The molecule has 1 unspecified atom stereocenters. The third kappa shape index (κ3) is 5.99. The van der Waals surface area contributed by atoms with Gasteiger partial charge in [-0.15, -0.1) is 0 Å². The highest BCUT2D eigenvalue weighted by molar-refractivity contribution is 9.09. The van der Waals surface area contributed by atoms with E-state index in [1.54, 1.807) is 0 Å². The van der Waals surface area contributed by atoms with Crippen LogP contribution in [0, 0.1) is 0 Å². The first-order valence-corrected chi connectivity index (χ1v) is 6.92. The summed E-state index contributed by atoms with van der Waals surface area (Å²) in [4.78, 5) is 0.731. The third-order valence-corrected chi connectivity index (χ3v) is 3.87. The van der Waals surface area contributed by atoms with Crippen LogP contribution in [-0.4, -0.2) is 4.83 Å². The van der Waals surface area contributed by atoms with Crippen LogP contribution in [-0.2, 0) is 6.42 Å². The third-order valence-electron chi connectivity index (χ3n) is 2.77. The predicted molar refractivity (Wildman–Crippen MR) is 71.6 cm³/mol. The standard InChI is InChI=1S/C14H21Br/c1-2-14(15)12-8-4-7-11-13-9-5-3-6-10-13/h3,5-6,9-10,14H,2,4,7-8,11-12H2,1H3. The van der Waals surface area contributed by atoms with Crippen LogP contribution in [0.4, 0.5) is 0 Å². The zero-order chi connectivity index (χ0) is 10.9. The molecule has 0 aromatic heterocycles. The lowest BCUT2D eigenvalue weighted by Crippen LogP contribution is -1.94. The summed E-state index contributed by atoms with van der Waals surface area (Å²) >= 11 is 3.67. The molecule has 1 rings (SSSR count). The second-order valence-electron chi connectivity index (χ2n) is 4.09. The second-order valence-corrected chi connectivity index (χ2v) is 5.39. The van der Waals surface area contributed by atoms with Gasteiger partial charge in [0.15, 0.2) is 0 Å². The maximum Gasteiger partial charge on any atom is 0.0143 e. The molecule has 0 spiro atoms. The van der Waals surface area contributed by atoms with Crippen molar-refractivity contribution < 1.29 is 0 Å². The Bertz CT molecular complexity index is 243. The normalized spacial score (nSPS) is 12.7. The van der Waals surface area contributed by atoms with Gasteiger partial charge < -0.3 is 0 Å². The predicted octanol–water partition coefficient (Wildman–Crippen LogP) is 4.96. The molecule has 0 radical (unpaired) electrons. The average Bonchev–Trinajstić information content (AvgIpc) is 2.29. The number of hydrogen-bond acceptors (Lipinski definition) is 0. The van der Waals surface area contributed by atoms with Gasteiger partial charge >= 0.3 is 0 Å². The molecule has 0 saturated heterocycles. The molecule has 0 saturated carbocycles. The summed E-state index contributed by atoms with van der Waals surface area (Å²) in [6.07, 6.45) is 7.85. The summed E-state index contributed by atoms with van der Waals surface area (Å²) in [5.41, 5.74) is 1.48. The highest BCUT2D eigenvalue weighted by Crippen LogP contribution is 2.15. The van der Waals surface area contributed by atoms with E-state index >= 15 is 0 Å². The van der Waals surface area contributed by atoms with E-state index in [-0.39, 0.29) is 0 Å². The van der Waals surface area contributed by atoms with E-state index in [1.807, 2.05) is 0 Å². The molecule has 1 atom stereocenters. The smallest absolute Gasteiger partial charge is 0.0143 e. The molecule has 0 bridgehead atoms. The van der Waals surface area contributed by atoms with Crippen LogP contribution >= 0.6 is 15.9 Å². The van der Waals surface area contributed by atoms with Gasteiger partial charge in [-0.1, -0.05) is 66.0 Å². The van der Waals surface area contributed by atoms with Gasteiger partial charge in [-0.05, 0) is 31.2 Å². The number of halogens is 1. The Morgan fingerprint density at radius 3 is 2.47 bits per heavy atom. The van der Waals surface area contributed by atoms with Crippen molar-refractivity contribution in [1.82, 2.24) is 0 Å². The number of unbranched alkanes of at least 4 members (excludes halogenated alkanes) is 2. The van der Waals surface area contributed by atoms with Crippen LogP contribution in [0.15, 0.2) is 30.3 Å². The highest BCUT2D eigenvalue weighted by Gasteiger charge is 1.99. The van der Waals surface area contributed by atoms with Crippen molar-refractivity contribution in [2.45, 2.75) is 50.3 Å². The Morgan fingerprint density at radius 2 is 1.80 bits per heavy atom. The number of benzene rings is 1. The second kappa shape index (κ2) is 7.92. The fourth-order valence-corrected chi connectivity index (χ4v) is 2.04. The van der Waals surface area contributed by atoms with E-state index in [0.717, 1.165) is 4.83 Å². The lowest BCUT2D eigenvalue weighted by molar-refractivity contribution is 0.621. The van der Waals surface area contributed by atoms with E-state index in [4.69, 9.17) is 0 Å². The van der Waals surface area contributed by atoms with Gasteiger partial charge in [0.25, 0.3) is 0 Å². The topological polar surface area (TPSA) is 0 Å². The minimum absolute atomic E-state index is 0.731. The zero-order valence-corrected chi connectivity index (χ0v) is 11.2. The molecular weight excluding hydrogens is 248 g/mol. The van der Waals surface area contributed by atoms with Crippen molar-refractivity contribution >= 4 is 15.9 Å². The van der Waals surface area contributed by atoms with Gasteiger partial charge in [-0.2, -0.15) is 0 Å². The number of rotatable bonds is 7. The molecule has 0 N–H and O–H groups in total. The van der Waals surface area contributed by atoms with Gasteiger partial charge in [0.1, 0.15) is 0 Å². The highest BCUT2D eigenvalue weighted by atomic mass is 79.9. The molecule has 1 heteroatoms. The number of alkyl halides is 1. The van der Waals surface area contributed by atoms with Gasteiger partial charge in [0, 0.05) is 4.83 Å². The monoisotopic (exact) mass is 268 g/mol. The minimum atomic E-state index is 0.731. The Morgan fingerprint density at radius 1 is 1.07 bits per heavy atom. The van der Waals surface area contributed by atoms with Crippen molar-refractivity contribution in [3.63, 3.8) is 0 Å². The maximum absolute atomic E-state index is 3.67. The molecule has 0 aliphatic rings. The van der Waals surface area contributed by atoms with Gasteiger partial charge in [0.2, 0.25) is 0 Å². The Balaban J connectivity index is 2.03. The summed E-state index contributed by atoms with van der Waals surface area (Å²) in [5, 5.41) is 0. The zero-order valence-electron chi connectivity index (χ0n) is 9.58. The fraction of sp³-hybridized carbons (Fsp3) is 0.571. The summed E-state index contributed by atoms with van der Waals surface area (Å²) < 4.78 is 0. The maximum atomic E-state index is 3.67. The summed E-state index contributed by atoms with van der Waals surface area (Å²) in [6, 6.07) is 10.8. The Hall–Kier alpha value is -0.300. The summed E-state index contributed by atoms with van der Waals surface area (Å²) in [5.74, 6) is 0. The van der Waals surface area contributed by atoms with Gasteiger partial charge in [0.05, 0.1) is 0 Å². The molecule has 0 aliphatic carbocycles. The van der Waals surface area contributed by atoms with Crippen molar-refractivity contribution in [3.05, 3.63) is 35.9 Å². The van der Waals surface area contributed by atoms with E-state index in [9.17, 15) is 0 Å². The van der Waals surface area contributed by atoms with Crippen LogP contribution in [0.25, 0.3) is 0 Å². The molecule has 0 aliphatic heterocycles. The lowest BCUT2D eigenvalue weighted by atomic mass is 10.1. The summed E-state index contributed by atoms with van der Waals surface area (Å²) in [7, 11) is 0. The van der Waals surface area contributed by atoms with Crippen molar-refractivity contribution in [2.75, 3.05) is 0 Å². The average molecular weight is 269 g/mol. The van der Waals surface area contributed by atoms with Gasteiger partial charge in [-0.25, -0.2) is 0 Å². The molecular formula is C14H21Br. The van der Waals surface area contributed by atoms with E-state index < -0.39 is 0 Å². The molecule has 0 fully saturated rings. The number of aryl methyl sites for hydroxylation is 1. The van der Waals surface area contributed by atoms with E-state index in [1.165, 1.54) is 44.1 Å². The largest absolute Gasteiger partial charge is 0.0891 e. The van der Waals surface area contributed by atoms with Crippen LogP contribution in [0.5, 0.6) is 0 Å². The molecule has 84 valence electrons. The first-order chi connectivity index (χ1) is 7.33. The van der Waals surface area contributed by atoms with Crippen molar-refractivity contribution in [1.29, 1.82) is 0 Å². The molecule has 1 aromatic carbocycles. The molecule has 0 heterocycles. The lowest BCUT2D eigenvalue weighted by Gasteiger charge is -2.06. The quantitative estimate of drug-likeness (QED) is 0.484. The Kier molecular flexibility index (Phi) is 6.74. The molecule has 0 nitrogen and oxygen atoms in total. The number of hydrogen-bond donors (Lipinski definition) is 0. The molecule has 15 heavy (non-hydrogen) atoms. The van der Waals surface area contributed by atoms with Crippen LogP contribution in [0.1, 0.15) is 44.6 Å². The first kappa shape index (κ1) is 12.8. The fourth-order valence-electron chi connectivity index (χ4n) is 1.72. The van der Waals surface area contributed by atoms with E-state index in [2.05, 4.69) is 53.2 Å². The SMILES string of the molecule is CCC(Br)CCCCCc1ccccc1. The minimum Gasteiger partial charge on any atom is -0.0891 e. The van der Waals surface area contributed by atoms with Crippen molar-refractivity contribution in [3.8, 4) is 0 Å². The van der Waals surface area contributed by atoms with Crippen LogP contribution in [0.2, 0.25) is 0 Å². The van der Waals surface area contributed by atoms with Crippen LogP contribution in [0.3, 0.4) is 0 Å². The van der Waals surface area contributed by atoms with Crippen molar-refractivity contribution in [2.24, 2.45) is 0 Å². The Labute approximate surface area is 102 Å². The molecule has 0 amide bonds.